The lowest BCUT2D eigenvalue weighted by Crippen LogP contribution is -2.43. The van der Waals surface area contributed by atoms with E-state index in [1.807, 2.05) is 0 Å². The summed E-state index contributed by atoms with van der Waals surface area (Å²) in [5.41, 5.74) is 6.15. The molecule has 2 amide bonds. The summed E-state index contributed by atoms with van der Waals surface area (Å²) in [6.07, 6.45) is 3.72. The Kier molecular flexibility index (Phi) is 3.70. The van der Waals surface area contributed by atoms with E-state index in [2.05, 4.69) is 10.4 Å². The summed E-state index contributed by atoms with van der Waals surface area (Å²) >= 11 is 0. The third-order valence-electron chi connectivity index (χ3n) is 3.08. The highest BCUT2D eigenvalue weighted by atomic mass is 16.4. The average Bonchev–Trinajstić information content (AvgIpc) is 2.94. The summed E-state index contributed by atoms with van der Waals surface area (Å²) in [5.74, 6) is -1.12. The molecule has 0 aliphatic carbocycles. The van der Waals surface area contributed by atoms with E-state index in [9.17, 15) is 14.7 Å². The Morgan fingerprint density at radius 3 is 2.84 bits per heavy atom. The fourth-order valence-corrected chi connectivity index (χ4v) is 2.06. The lowest BCUT2D eigenvalue weighted by molar-refractivity contribution is -0.139. The third-order valence-corrected chi connectivity index (χ3v) is 3.08. The molecule has 1 aromatic heterocycles. The Morgan fingerprint density at radius 2 is 2.37 bits per heavy atom. The molecule has 0 aromatic carbocycles. The average molecular weight is 267 g/mol. The number of rotatable bonds is 3. The van der Waals surface area contributed by atoms with E-state index in [1.165, 1.54) is 15.8 Å². The molecule has 0 bridgehead atoms. The minimum absolute atomic E-state index is 0.0348. The van der Waals surface area contributed by atoms with Crippen LogP contribution in [0.3, 0.4) is 0 Å². The number of aliphatic carboxylic acids is 1. The van der Waals surface area contributed by atoms with E-state index in [1.54, 1.807) is 13.2 Å². The van der Waals surface area contributed by atoms with Gasteiger partial charge >= 0.3 is 12.0 Å². The van der Waals surface area contributed by atoms with Gasteiger partial charge in [-0.25, -0.2) is 9.59 Å². The molecule has 19 heavy (non-hydrogen) atoms. The van der Waals surface area contributed by atoms with Crippen LogP contribution in [0.5, 0.6) is 0 Å². The fourth-order valence-electron chi connectivity index (χ4n) is 2.06. The summed E-state index contributed by atoms with van der Waals surface area (Å²) in [5, 5.41) is 15.6. The highest BCUT2D eigenvalue weighted by Gasteiger charge is 2.29. The van der Waals surface area contributed by atoms with Gasteiger partial charge < -0.3 is 21.1 Å². The van der Waals surface area contributed by atoms with E-state index in [0.717, 1.165) is 6.42 Å². The molecule has 2 unspecified atom stereocenters. The van der Waals surface area contributed by atoms with Crippen molar-refractivity contribution in [1.82, 2.24) is 20.0 Å². The molecule has 8 nitrogen and oxygen atoms in total. The number of aryl methyl sites for hydroxylation is 1. The van der Waals surface area contributed by atoms with Crippen LogP contribution in [0, 0.1) is 0 Å². The van der Waals surface area contributed by atoms with Gasteiger partial charge in [-0.1, -0.05) is 0 Å². The van der Waals surface area contributed by atoms with Crippen LogP contribution < -0.4 is 11.1 Å². The van der Waals surface area contributed by atoms with Gasteiger partial charge in [-0.05, 0) is 6.42 Å². The zero-order valence-electron chi connectivity index (χ0n) is 10.6. The van der Waals surface area contributed by atoms with E-state index in [4.69, 9.17) is 5.73 Å². The number of likely N-dealkylation sites (tertiary alicyclic amines) is 1. The molecule has 1 aliphatic rings. The maximum absolute atomic E-state index is 12.0. The van der Waals surface area contributed by atoms with Crippen LogP contribution >= 0.6 is 0 Å². The summed E-state index contributed by atoms with van der Waals surface area (Å²) < 4.78 is 1.49. The number of amides is 2. The van der Waals surface area contributed by atoms with E-state index >= 15 is 0 Å². The SMILES string of the molecule is Cn1cc(C(NC(=O)N2CCC(N)C2)C(=O)O)cn1. The molecule has 2 heterocycles. The number of carbonyl (C=O) groups is 2. The minimum atomic E-state index is -1.12. The number of carbonyl (C=O) groups excluding carboxylic acids is 1. The highest BCUT2D eigenvalue weighted by Crippen LogP contribution is 2.14. The normalized spacial score (nSPS) is 20.3. The quantitative estimate of drug-likeness (QED) is 0.669. The second-order valence-corrected chi connectivity index (χ2v) is 4.66. The molecule has 0 radical (unpaired) electrons. The number of carboxylic acid groups (broad SMARTS) is 1. The molecule has 1 fully saturated rings. The van der Waals surface area contributed by atoms with Gasteiger partial charge in [0.15, 0.2) is 6.04 Å². The largest absolute Gasteiger partial charge is 0.479 e. The minimum Gasteiger partial charge on any atom is -0.479 e. The van der Waals surface area contributed by atoms with Crippen LogP contribution in [0.2, 0.25) is 0 Å². The maximum Gasteiger partial charge on any atom is 0.331 e. The third kappa shape index (κ3) is 3.02. The first-order chi connectivity index (χ1) is 8.97. The Morgan fingerprint density at radius 1 is 1.63 bits per heavy atom. The Labute approximate surface area is 110 Å². The van der Waals surface area contributed by atoms with Crippen LogP contribution in [-0.4, -0.2) is 50.9 Å². The molecular weight excluding hydrogens is 250 g/mol. The zero-order valence-corrected chi connectivity index (χ0v) is 10.6. The Bertz CT molecular complexity index is 486. The monoisotopic (exact) mass is 267 g/mol. The summed E-state index contributed by atoms with van der Waals surface area (Å²) in [6.45, 7) is 0.998. The number of hydrogen-bond acceptors (Lipinski definition) is 4. The number of nitrogens with one attached hydrogen (secondary N) is 1. The second kappa shape index (κ2) is 5.27. The molecule has 1 aromatic rings. The standard InChI is InChI=1S/C11H17N5O3/c1-15-5-7(4-13-15)9(10(17)18)14-11(19)16-3-2-8(12)6-16/h4-5,8-9H,2-3,6,12H2,1H3,(H,14,19)(H,17,18). The first-order valence-electron chi connectivity index (χ1n) is 5.99. The van der Waals surface area contributed by atoms with Gasteiger partial charge in [0.25, 0.3) is 0 Å². The maximum atomic E-state index is 12.0. The van der Waals surface area contributed by atoms with Crippen molar-refractivity contribution in [3.05, 3.63) is 18.0 Å². The number of aromatic nitrogens is 2. The summed E-state index contributed by atoms with van der Waals surface area (Å²) in [6, 6.07) is -1.55. The van der Waals surface area contributed by atoms with E-state index in [-0.39, 0.29) is 6.04 Å². The van der Waals surface area contributed by atoms with E-state index < -0.39 is 18.0 Å². The van der Waals surface area contributed by atoms with Crippen LogP contribution in [0.4, 0.5) is 4.79 Å². The van der Waals surface area contributed by atoms with Crippen LogP contribution in [0.1, 0.15) is 18.0 Å². The van der Waals surface area contributed by atoms with Crippen LogP contribution in [-0.2, 0) is 11.8 Å². The fraction of sp³-hybridized carbons (Fsp3) is 0.545. The number of nitrogens with zero attached hydrogens (tertiary/aromatic N) is 3. The number of nitrogens with two attached hydrogens (primary N) is 1. The number of urea groups is 1. The molecular formula is C11H17N5O3. The van der Waals surface area contributed by atoms with Crippen molar-refractivity contribution in [2.45, 2.75) is 18.5 Å². The lowest BCUT2D eigenvalue weighted by atomic mass is 10.1. The van der Waals surface area contributed by atoms with Gasteiger partial charge in [-0.15, -0.1) is 0 Å². The van der Waals surface area contributed by atoms with Crippen molar-refractivity contribution >= 4 is 12.0 Å². The first kappa shape index (κ1) is 13.3. The molecule has 0 saturated carbocycles. The van der Waals surface area contributed by atoms with Crippen molar-refractivity contribution in [1.29, 1.82) is 0 Å². The first-order valence-corrected chi connectivity index (χ1v) is 5.99. The van der Waals surface area contributed by atoms with Gasteiger partial charge in [0.1, 0.15) is 0 Å². The Hall–Kier alpha value is -2.09. The van der Waals surface area contributed by atoms with Gasteiger partial charge in [0.05, 0.1) is 6.20 Å². The van der Waals surface area contributed by atoms with Gasteiger partial charge in [-0.2, -0.15) is 5.10 Å². The van der Waals surface area contributed by atoms with Crippen LogP contribution in [0.15, 0.2) is 12.4 Å². The molecule has 2 rings (SSSR count). The number of carboxylic acids is 1. The van der Waals surface area contributed by atoms with Gasteiger partial charge in [-0.3, -0.25) is 4.68 Å². The smallest absolute Gasteiger partial charge is 0.331 e. The molecule has 0 spiro atoms. The Balaban J connectivity index is 2.05. The molecule has 1 saturated heterocycles. The summed E-state index contributed by atoms with van der Waals surface area (Å²) in [4.78, 5) is 24.7. The van der Waals surface area contributed by atoms with E-state index in [0.29, 0.717) is 18.7 Å². The lowest BCUT2D eigenvalue weighted by Gasteiger charge is -2.20. The topological polar surface area (TPSA) is 113 Å². The van der Waals surface area contributed by atoms with Gasteiger partial charge in [0.2, 0.25) is 0 Å². The molecule has 4 N–H and O–H groups in total. The predicted octanol–water partition coefficient (Wildman–Crippen LogP) is -0.712. The molecule has 104 valence electrons. The predicted molar refractivity (Wildman–Crippen MR) is 66.3 cm³/mol. The summed E-state index contributed by atoms with van der Waals surface area (Å²) in [7, 11) is 1.68. The van der Waals surface area contributed by atoms with Crippen molar-refractivity contribution in [2.24, 2.45) is 12.8 Å². The number of hydrogen-bond donors (Lipinski definition) is 3. The van der Waals surface area contributed by atoms with Gasteiger partial charge in [0, 0.05) is 37.9 Å². The van der Waals surface area contributed by atoms with Crippen LogP contribution in [0.25, 0.3) is 0 Å². The van der Waals surface area contributed by atoms with Crippen molar-refractivity contribution in [3.8, 4) is 0 Å². The molecule has 1 aliphatic heterocycles. The van der Waals surface area contributed by atoms with Crippen molar-refractivity contribution < 1.29 is 14.7 Å². The highest BCUT2D eigenvalue weighted by molar-refractivity contribution is 5.83. The zero-order chi connectivity index (χ0) is 14.0. The second-order valence-electron chi connectivity index (χ2n) is 4.66. The molecule has 2 atom stereocenters. The molecule has 8 heteroatoms. The van der Waals surface area contributed by atoms with Crippen molar-refractivity contribution in [2.75, 3.05) is 13.1 Å². The van der Waals surface area contributed by atoms with Crippen molar-refractivity contribution in [3.63, 3.8) is 0 Å².